The van der Waals surface area contributed by atoms with Gasteiger partial charge < -0.3 is 0 Å². The highest BCUT2D eigenvalue weighted by atomic mass is 32.3. The molecule has 4 atom stereocenters. The summed E-state index contributed by atoms with van der Waals surface area (Å²) in [7, 11) is -3.86. The van der Waals surface area contributed by atoms with Gasteiger partial charge in [-0.2, -0.15) is 8.42 Å². The highest BCUT2D eigenvalue weighted by molar-refractivity contribution is 8.00. The fourth-order valence-electron chi connectivity index (χ4n) is 3.66. The van der Waals surface area contributed by atoms with Crippen LogP contribution in [-0.2, 0) is 18.8 Å². The van der Waals surface area contributed by atoms with Gasteiger partial charge in [0.2, 0.25) is 0 Å². The molecule has 2 bridgehead atoms. The number of rotatable bonds is 6. The van der Waals surface area contributed by atoms with Gasteiger partial charge in [0, 0.05) is 10.1 Å². The third-order valence-corrected chi connectivity index (χ3v) is 6.99. The van der Waals surface area contributed by atoms with Crippen LogP contribution in [0.25, 0.3) is 0 Å². The van der Waals surface area contributed by atoms with Gasteiger partial charge in [0.15, 0.2) is 0 Å². The maximum absolute atomic E-state index is 11.8. The molecule has 2 aliphatic carbocycles. The molecule has 0 radical (unpaired) electrons. The van der Waals surface area contributed by atoms with Gasteiger partial charge in [-0.25, -0.2) is 8.37 Å². The van der Waals surface area contributed by atoms with Crippen LogP contribution in [0.1, 0.15) is 32.6 Å². The van der Waals surface area contributed by atoms with Gasteiger partial charge in [-0.3, -0.25) is 0 Å². The van der Waals surface area contributed by atoms with Crippen LogP contribution in [0, 0.1) is 11.8 Å². The van der Waals surface area contributed by atoms with Crippen LogP contribution in [0.15, 0.2) is 35.2 Å². The fourth-order valence-corrected chi connectivity index (χ4v) is 5.96. The SMILES string of the molecule is CCOS(=O)(=O)OC1[C@@H]2CC[C@@H](Sc3ccccc3)[C@H]1CC2. The van der Waals surface area contributed by atoms with Gasteiger partial charge in [0.25, 0.3) is 0 Å². The second-order valence-electron chi connectivity index (χ2n) is 5.92. The van der Waals surface area contributed by atoms with Crippen LogP contribution in [0.5, 0.6) is 0 Å². The largest absolute Gasteiger partial charge is 0.400 e. The van der Waals surface area contributed by atoms with Crippen LogP contribution < -0.4 is 0 Å². The zero-order valence-electron chi connectivity index (χ0n) is 12.7. The van der Waals surface area contributed by atoms with Crippen molar-refractivity contribution in [2.75, 3.05) is 6.61 Å². The third-order valence-electron chi connectivity index (χ3n) is 4.58. The van der Waals surface area contributed by atoms with Crippen molar-refractivity contribution in [2.24, 2.45) is 11.8 Å². The summed E-state index contributed by atoms with van der Waals surface area (Å²) in [5.74, 6) is 0.645. The predicted molar refractivity (Wildman–Crippen MR) is 87.0 cm³/mol. The Hall–Kier alpha value is -0.560. The smallest absolute Gasteiger partial charge is 0.248 e. The zero-order valence-corrected chi connectivity index (χ0v) is 14.3. The van der Waals surface area contributed by atoms with E-state index in [-0.39, 0.29) is 12.7 Å². The van der Waals surface area contributed by atoms with Crippen molar-refractivity contribution in [1.29, 1.82) is 0 Å². The normalized spacial score (nSPS) is 31.3. The summed E-state index contributed by atoms with van der Waals surface area (Å²) in [6.45, 7) is 1.77. The lowest BCUT2D eigenvalue weighted by atomic mass is 9.86. The first-order valence-corrected chi connectivity index (χ1v) is 10.1. The van der Waals surface area contributed by atoms with Crippen LogP contribution in [0.4, 0.5) is 0 Å². The minimum Gasteiger partial charge on any atom is -0.248 e. The number of benzene rings is 1. The minimum atomic E-state index is -3.86. The van der Waals surface area contributed by atoms with E-state index in [0.29, 0.717) is 17.1 Å². The Balaban J connectivity index is 1.71. The van der Waals surface area contributed by atoms with E-state index < -0.39 is 10.4 Å². The average Bonchev–Trinajstić information content (AvgIpc) is 2.74. The zero-order chi connectivity index (χ0) is 15.6. The Kier molecular flexibility index (Phi) is 5.12. The van der Waals surface area contributed by atoms with Crippen LogP contribution in [0.2, 0.25) is 0 Å². The van der Waals surface area contributed by atoms with Crippen molar-refractivity contribution >= 4 is 22.2 Å². The van der Waals surface area contributed by atoms with Gasteiger partial charge >= 0.3 is 10.4 Å². The molecular weight excluding hydrogens is 320 g/mol. The number of fused-ring (bicyclic) bond motifs is 2. The molecule has 1 aromatic rings. The summed E-state index contributed by atoms with van der Waals surface area (Å²) in [5, 5.41) is 0.419. The molecule has 0 amide bonds. The van der Waals surface area contributed by atoms with Crippen molar-refractivity contribution in [3.8, 4) is 0 Å². The van der Waals surface area contributed by atoms with Gasteiger partial charge in [-0.05, 0) is 56.6 Å². The Bertz CT molecular complexity index is 587. The molecule has 1 unspecified atom stereocenters. The molecule has 0 heterocycles. The maximum atomic E-state index is 11.8. The summed E-state index contributed by atoms with van der Waals surface area (Å²) in [5.41, 5.74) is 0. The van der Waals surface area contributed by atoms with Crippen LogP contribution in [-0.4, -0.2) is 26.4 Å². The van der Waals surface area contributed by atoms with Crippen molar-refractivity contribution in [2.45, 2.75) is 48.9 Å². The van der Waals surface area contributed by atoms with Crippen LogP contribution in [0.3, 0.4) is 0 Å². The van der Waals surface area contributed by atoms with Gasteiger partial charge in [0.05, 0.1) is 12.7 Å². The van der Waals surface area contributed by atoms with E-state index in [1.165, 1.54) is 4.90 Å². The van der Waals surface area contributed by atoms with E-state index in [9.17, 15) is 8.42 Å². The quantitative estimate of drug-likeness (QED) is 0.790. The summed E-state index contributed by atoms with van der Waals surface area (Å²) >= 11 is 1.85. The van der Waals surface area contributed by atoms with Gasteiger partial charge in [-0.15, -0.1) is 11.8 Å². The Morgan fingerprint density at radius 1 is 1.14 bits per heavy atom. The van der Waals surface area contributed by atoms with E-state index in [2.05, 4.69) is 12.1 Å². The molecule has 1 aromatic carbocycles. The molecule has 2 saturated carbocycles. The van der Waals surface area contributed by atoms with E-state index >= 15 is 0 Å². The van der Waals surface area contributed by atoms with E-state index in [4.69, 9.17) is 8.37 Å². The molecule has 2 fully saturated rings. The number of hydrogen-bond donors (Lipinski definition) is 0. The van der Waals surface area contributed by atoms with E-state index in [0.717, 1.165) is 25.7 Å². The molecule has 0 aliphatic heterocycles. The van der Waals surface area contributed by atoms with E-state index in [1.807, 2.05) is 30.0 Å². The molecule has 4 nitrogen and oxygen atoms in total. The molecule has 22 heavy (non-hydrogen) atoms. The molecule has 122 valence electrons. The summed E-state index contributed by atoms with van der Waals surface area (Å²) < 4.78 is 33.8. The highest BCUT2D eigenvalue weighted by Crippen LogP contribution is 2.50. The molecule has 0 N–H and O–H groups in total. The van der Waals surface area contributed by atoms with E-state index in [1.54, 1.807) is 6.92 Å². The second kappa shape index (κ2) is 6.91. The second-order valence-corrected chi connectivity index (χ2v) is 8.48. The minimum absolute atomic E-state index is 0.118. The van der Waals surface area contributed by atoms with Crippen molar-refractivity contribution in [1.82, 2.24) is 0 Å². The first-order valence-electron chi connectivity index (χ1n) is 7.88. The van der Waals surface area contributed by atoms with Crippen molar-refractivity contribution in [3.05, 3.63) is 30.3 Å². The highest BCUT2D eigenvalue weighted by Gasteiger charge is 2.47. The van der Waals surface area contributed by atoms with Gasteiger partial charge in [-0.1, -0.05) is 18.2 Å². The molecule has 0 saturated heterocycles. The molecule has 0 aromatic heterocycles. The molecular formula is C16H22O4S2. The topological polar surface area (TPSA) is 52.6 Å². The fraction of sp³-hybridized carbons (Fsp3) is 0.625. The first kappa shape index (κ1) is 16.3. The Morgan fingerprint density at radius 2 is 1.86 bits per heavy atom. The molecule has 0 spiro atoms. The third kappa shape index (κ3) is 3.67. The lowest BCUT2D eigenvalue weighted by Gasteiger charge is -2.35. The Morgan fingerprint density at radius 3 is 2.59 bits per heavy atom. The number of thioether (sulfide) groups is 1. The first-order chi connectivity index (χ1) is 10.6. The standard InChI is InChI=1S/C16H22O4S2/c1-2-19-22(17,18)20-16-12-8-10-14(16)15(11-9-12)21-13-6-4-3-5-7-13/h3-7,12,14-16H,2,8-11H2,1H3/t12-,14+,15+,16?/m0/s1. The maximum Gasteiger partial charge on any atom is 0.400 e. The monoisotopic (exact) mass is 342 g/mol. The summed E-state index contributed by atoms with van der Waals surface area (Å²) in [6, 6.07) is 10.3. The Labute approximate surface area is 136 Å². The average molecular weight is 342 g/mol. The molecule has 6 heteroatoms. The summed E-state index contributed by atoms with van der Waals surface area (Å²) in [6.07, 6.45) is 4.05. The lowest BCUT2D eigenvalue weighted by Crippen LogP contribution is -2.38. The van der Waals surface area contributed by atoms with Crippen molar-refractivity contribution in [3.63, 3.8) is 0 Å². The molecule has 3 rings (SSSR count). The van der Waals surface area contributed by atoms with Gasteiger partial charge in [0.1, 0.15) is 0 Å². The molecule has 2 aliphatic rings. The van der Waals surface area contributed by atoms with Crippen LogP contribution >= 0.6 is 11.8 Å². The lowest BCUT2D eigenvalue weighted by molar-refractivity contribution is 0.0724. The summed E-state index contributed by atoms with van der Waals surface area (Å²) in [4.78, 5) is 1.24. The number of hydrogen-bond acceptors (Lipinski definition) is 5. The predicted octanol–water partition coefficient (Wildman–Crippen LogP) is 3.63. The van der Waals surface area contributed by atoms with Crippen molar-refractivity contribution < 1.29 is 16.8 Å².